The molecule has 1 fully saturated rings. The minimum absolute atomic E-state index is 0.0400. The summed E-state index contributed by atoms with van der Waals surface area (Å²) < 4.78 is 10.3. The number of aliphatic hydroxyl groups is 1. The third kappa shape index (κ3) is 4.77. The van der Waals surface area contributed by atoms with E-state index in [1.54, 1.807) is 24.3 Å². The predicted octanol–water partition coefficient (Wildman–Crippen LogP) is 3.56. The molecule has 33 heavy (non-hydrogen) atoms. The Labute approximate surface area is 193 Å². The fourth-order valence-electron chi connectivity index (χ4n) is 4.79. The Kier molecular flexibility index (Phi) is 6.77. The number of hydrogen-bond donors (Lipinski definition) is 1. The number of cyclic esters (lactones) is 1. The molecule has 1 N–H and O–H groups in total. The van der Waals surface area contributed by atoms with Gasteiger partial charge in [0.2, 0.25) is 0 Å². The first-order chi connectivity index (χ1) is 15.9. The lowest BCUT2D eigenvalue weighted by Crippen LogP contribution is -2.37. The van der Waals surface area contributed by atoms with E-state index in [0.717, 1.165) is 42.6 Å². The molecule has 0 saturated carbocycles. The molecular formula is C26H28N2O5. The third-order valence-electron chi connectivity index (χ3n) is 6.82. The van der Waals surface area contributed by atoms with Crippen molar-refractivity contribution in [2.75, 3.05) is 26.7 Å². The molecule has 0 radical (unpaired) electrons. The minimum atomic E-state index is -0.645. The minimum Gasteiger partial charge on any atom is -0.495 e. The van der Waals surface area contributed by atoms with Gasteiger partial charge < -0.3 is 19.5 Å². The van der Waals surface area contributed by atoms with Crippen LogP contribution in [0.2, 0.25) is 0 Å². The third-order valence-corrected chi connectivity index (χ3v) is 6.82. The number of ketones is 1. The van der Waals surface area contributed by atoms with E-state index in [1.807, 2.05) is 13.0 Å². The molecule has 2 aromatic carbocycles. The van der Waals surface area contributed by atoms with Crippen LogP contribution in [0.1, 0.15) is 68.3 Å². The SMILES string of the molecule is COc1ccc(C(=O)CC2CCN(CC(O)c3ccc4c(c3C)COC4=O)CC2)cc1C#N. The summed E-state index contributed by atoms with van der Waals surface area (Å²) in [4.78, 5) is 26.7. The first-order valence-electron chi connectivity index (χ1n) is 11.2. The van der Waals surface area contributed by atoms with Crippen LogP contribution in [-0.4, -0.2) is 48.5 Å². The van der Waals surface area contributed by atoms with Gasteiger partial charge in [-0.05, 0) is 74.2 Å². The fourth-order valence-corrected chi connectivity index (χ4v) is 4.79. The normalized spacial score (nSPS) is 17.2. The number of piperidine rings is 1. The number of rotatable bonds is 7. The Hall–Kier alpha value is -3.21. The van der Waals surface area contributed by atoms with Crippen molar-refractivity contribution in [3.63, 3.8) is 0 Å². The van der Waals surface area contributed by atoms with E-state index in [9.17, 15) is 20.0 Å². The molecule has 4 rings (SSSR count). The molecule has 1 atom stereocenters. The molecular weight excluding hydrogens is 420 g/mol. The number of benzene rings is 2. The highest BCUT2D eigenvalue weighted by Crippen LogP contribution is 2.31. The van der Waals surface area contributed by atoms with E-state index in [2.05, 4.69) is 11.0 Å². The molecule has 2 heterocycles. The maximum Gasteiger partial charge on any atom is 0.338 e. The molecule has 1 unspecified atom stereocenters. The standard InChI is InChI=1S/C26H28N2O5/c1-16-20(4-5-21-22(16)15-33-26(21)31)24(30)14-28-9-7-17(8-10-28)11-23(29)18-3-6-25(32-2)19(12-18)13-27/h3-6,12,17,24,30H,7-11,14-15H2,1-2H3. The highest BCUT2D eigenvalue weighted by molar-refractivity contribution is 5.96. The molecule has 2 aliphatic heterocycles. The number of nitrogens with zero attached hydrogens (tertiary/aromatic N) is 2. The summed E-state index contributed by atoms with van der Waals surface area (Å²) in [5.41, 5.74) is 4.11. The zero-order valence-electron chi connectivity index (χ0n) is 19.0. The quantitative estimate of drug-likeness (QED) is 0.511. The Morgan fingerprint density at radius 2 is 2.06 bits per heavy atom. The maximum atomic E-state index is 12.7. The summed E-state index contributed by atoms with van der Waals surface area (Å²) in [6, 6.07) is 10.6. The van der Waals surface area contributed by atoms with Crippen molar-refractivity contribution >= 4 is 11.8 Å². The number of ether oxygens (including phenoxy) is 2. The van der Waals surface area contributed by atoms with E-state index in [-0.39, 0.29) is 24.3 Å². The highest BCUT2D eigenvalue weighted by Gasteiger charge is 2.28. The van der Waals surface area contributed by atoms with Crippen LogP contribution >= 0.6 is 0 Å². The number of hydrogen-bond acceptors (Lipinski definition) is 7. The van der Waals surface area contributed by atoms with Gasteiger partial charge in [0.15, 0.2) is 5.78 Å². The number of likely N-dealkylation sites (tertiary alicyclic amines) is 1. The smallest absolute Gasteiger partial charge is 0.338 e. The zero-order chi connectivity index (χ0) is 23.5. The highest BCUT2D eigenvalue weighted by atomic mass is 16.5. The Bertz CT molecular complexity index is 1110. The number of carbonyl (C=O) groups is 2. The van der Waals surface area contributed by atoms with Crippen molar-refractivity contribution < 1.29 is 24.2 Å². The molecule has 0 aliphatic carbocycles. The van der Waals surface area contributed by atoms with Gasteiger partial charge in [-0.25, -0.2) is 4.79 Å². The van der Waals surface area contributed by atoms with Gasteiger partial charge in [0.05, 0.1) is 24.3 Å². The molecule has 0 amide bonds. The van der Waals surface area contributed by atoms with Gasteiger partial charge in [0, 0.05) is 24.1 Å². The Morgan fingerprint density at radius 3 is 2.76 bits per heavy atom. The van der Waals surface area contributed by atoms with Crippen LogP contribution in [-0.2, 0) is 11.3 Å². The van der Waals surface area contributed by atoms with Gasteiger partial charge in [0.25, 0.3) is 0 Å². The number of fused-ring (bicyclic) bond motifs is 1. The molecule has 2 aliphatic rings. The van der Waals surface area contributed by atoms with E-state index in [0.29, 0.717) is 35.4 Å². The van der Waals surface area contributed by atoms with Gasteiger partial charge in [-0.2, -0.15) is 5.26 Å². The molecule has 0 bridgehead atoms. The van der Waals surface area contributed by atoms with Gasteiger partial charge in [-0.1, -0.05) is 6.07 Å². The molecule has 0 spiro atoms. The summed E-state index contributed by atoms with van der Waals surface area (Å²) in [6.07, 6.45) is 1.56. The lowest BCUT2D eigenvalue weighted by atomic mass is 9.89. The van der Waals surface area contributed by atoms with Crippen molar-refractivity contribution in [1.29, 1.82) is 5.26 Å². The number of β-amino-alcohol motifs (C(OH)–C–C–N with tert-alkyl or cyclic N) is 1. The number of aliphatic hydroxyl groups excluding tert-OH is 1. The molecule has 7 heteroatoms. The van der Waals surface area contributed by atoms with E-state index >= 15 is 0 Å². The van der Waals surface area contributed by atoms with Crippen molar-refractivity contribution in [3.8, 4) is 11.8 Å². The molecule has 7 nitrogen and oxygen atoms in total. The average Bonchev–Trinajstić information content (AvgIpc) is 3.21. The first-order valence-corrected chi connectivity index (χ1v) is 11.2. The van der Waals surface area contributed by atoms with Crippen LogP contribution in [0, 0.1) is 24.2 Å². The number of nitriles is 1. The molecule has 2 aromatic rings. The van der Waals surface area contributed by atoms with Gasteiger partial charge in [-0.3, -0.25) is 4.79 Å². The largest absolute Gasteiger partial charge is 0.495 e. The second-order valence-electron chi connectivity index (χ2n) is 8.80. The van der Waals surface area contributed by atoms with E-state index in [4.69, 9.17) is 9.47 Å². The van der Waals surface area contributed by atoms with Gasteiger partial charge in [-0.15, -0.1) is 0 Å². The van der Waals surface area contributed by atoms with Crippen LogP contribution in [0.25, 0.3) is 0 Å². The van der Waals surface area contributed by atoms with Crippen LogP contribution in [0.3, 0.4) is 0 Å². The van der Waals surface area contributed by atoms with Crippen LogP contribution in [0.15, 0.2) is 30.3 Å². The second kappa shape index (κ2) is 9.74. The van der Waals surface area contributed by atoms with Gasteiger partial charge in [0.1, 0.15) is 18.4 Å². The molecule has 1 saturated heterocycles. The lowest BCUT2D eigenvalue weighted by molar-refractivity contribution is 0.0534. The van der Waals surface area contributed by atoms with E-state index in [1.165, 1.54) is 7.11 Å². The van der Waals surface area contributed by atoms with Crippen molar-refractivity contribution in [2.24, 2.45) is 5.92 Å². The summed E-state index contributed by atoms with van der Waals surface area (Å²) in [6.45, 7) is 4.33. The van der Waals surface area contributed by atoms with Gasteiger partial charge >= 0.3 is 5.97 Å². The maximum absolute atomic E-state index is 12.7. The second-order valence-corrected chi connectivity index (χ2v) is 8.80. The first kappa shape index (κ1) is 23.0. The Balaban J connectivity index is 1.31. The van der Waals surface area contributed by atoms with Crippen molar-refractivity contribution in [3.05, 3.63) is 63.7 Å². The summed E-state index contributed by atoms with van der Waals surface area (Å²) in [7, 11) is 1.50. The zero-order valence-corrected chi connectivity index (χ0v) is 19.0. The topological polar surface area (TPSA) is 99.9 Å². The number of carbonyl (C=O) groups excluding carboxylic acids is 2. The number of methoxy groups -OCH3 is 1. The van der Waals surface area contributed by atoms with Crippen LogP contribution in [0.4, 0.5) is 0 Å². The molecule has 0 aromatic heterocycles. The summed E-state index contributed by atoms with van der Waals surface area (Å²) in [5, 5.41) is 20.1. The van der Waals surface area contributed by atoms with Crippen molar-refractivity contribution in [2.45, 2.75) is 38.9 Å². The average molecular weight is 449 g/mol. The predicted molar refractivity (Wildman–Crippen MR) is 121 cm³/mol. The van der Waals surface area contributed by atoms with Crippen molar-refractivity contribution in [1.82, 2.24) is 4.90 Å². The number of esters is 1. The number of Topliss-reactive ketones (excluding diaryl/α,β-unsaturated/α-hetero) is 1. The lowest BCUT2D eigenvalue weighted by Gasteiger charge is -2.33. The Morgan fingerprint density at radius 1 is 1.30 bits per heavy atom. The molecule has 172 valence electrons. The van der Waals surface area contributed by atoms with Crippen LogP contribution < -0.4 is 4.74 Å². The van der Waals surface area contributed by atoms with E-state index < -0.39 is 6.10 Å². The summed E-state index contributed by atoms with van der Waals surface area (Å²) >= 11 is 0. The fraction of sp³-hybridized carbons (Fsp3) is 0.423. The van der Waals surface area contributed by atoms with Crippen LogP contribution in [0.5, 0.6) is 5.75 Å². The monoisotopic (exact) mass is 448 g/mol. The summed E-state index contributed by atoms with van der Waals surface area (Å²) in [5.74, 6) is 0.490.